The van der Waals surface area contributed by atoms with Gasteiger partial charge >= 0.3 is 0 Å². The van der Waals surface area contributed by atoms with E-state index in [1.165, 1.54) is 10.9 Å². The molecule has 5 aromatic heterocycles. The molecule has 0 aliphatic carbocycles. The third-order valence-electron chi connectivity index (χ3n) is 8.11. The molecule has 5 heterocycles. The van der Waals surface area contributed by atoms with Gasteiger partial charge in [0, 0.05) is 30.4 Å². The van der Waals surface area contributed by atoms with Crippen LogP contribution in [0.3, 0.4) is 0 Å². The van der Waals surface area contributed by atoms with Crippen molar-refractivity contribution in [1.29, 1.82) is 0 Å². The molecule has 3 aromatic carbocycles. The van der Waals surface area contributed by atoms with Crippen LogP contribution in [0.4, 0.5) is 0 Å². The summed E-state index contributed by atoms with van der Waals surface area (Å²) < 4.78 is 0. The number of benzene rings is 3. The van der Waals surface area contributed by atoms with E-state index in [1.54, 1.807) is 18.6 Å². The van der Waals surface area contributed by atoms with E-state index < -0.39 is 0 Å². The van der Waals surface area contributed by atoms with E-state index in [1.807, 2.05) is 66.9 Å². The normalized spacial score (nSPS) is 11.0. The van der Waals surface area contributed by atoms with Gasteiger partial charge < -0.3 is 0 Å². The van der Waals surface area contributed by atoms with Gasteiger partial charge in [0.1, 0.15) is 0 Å². The molecule has 5 heteroatoms. The molecule has 8 aromatic rings. The van der Waals surface area contributed by atoms with E-state index >= 15 is 0 Å². The molecule has 0 atom stereocenters. The minimum absolute atomic E-state index is 0.808. The lowest BCUT2D eigenvalue weighted by Gasteiger charge is -2.15. The van der Waals surface area contributed by atoms with Crippen molar-refractivity contribution in [1.82, 2.24) is 24.9 Å². The summed E-state index contributed by atoms with van der Waals surface area (Å²) in [7, 11) is 0. The van der Waals surface area contributed by atoms with Gasteiger partial charge in [0.15, 0.2) is 0 Å². The second kappa shape index (κ2) is 12.0. The number of nitrogens with zero attached hydrogens (tertiary/aromatic N) is 5. The first-order valence-electron chi connectivity index (χ1n) is 15.2. The molecule has 0 saturated heterocycles. The van der Waals surface area contributed by atoms with Crippen LogP contribution in [-0.2, 0) is 0 Å². The Morgan fingerprint density at radius 2 is 0.826 bits per heavy atom. The first-order valence-corrected chi connectivity index (χ1v) is 15.2. The van der Waals surface area contributed by atoms with Crippen molar-refractivity contribution in [3.05, 3.63) is 164 Å². The third-order valence-corrected chi connectivity index (χ3v) is 8.11. The lowest BCUT2D eigenvalue weighted by atomic mass is 9.90. The highest BCUT2D eigenvalue weighted by molar-refractivity contribution is 6.05. The molecule has 0 fully saturated rings. The van der Waals surface area contributed by atoms with Gasteiger partial charge in [-0.2, -0.15) is 0 Å². The predicted octanol–water partition coefficient (Wildman–Crippen LogP) is 9.82. The molecule has 0 radical (unpaired) electrons. The summed E-state index contributed by atoms with van der Waals surface area (Å²) in [5.74, 6) is 0. The van der Waals surface area contributed by atoms with Crippen LogP contribution in [-0.4, -0.2) is 24.9 Å². The van der Waals surface area contributed by atoms with Crippen molar-refractivity contribution in [3.63, 3.8) is 0 Å². The summed E-state index contributed by atoms with van der Waals surface area (Å²) >= 11 is 0. The van der Waals surface area contributed by atoms with Crippen LogP contribution < -0.4 is 0 Å². The molecule has 0 spiro atoms. The zero-order valence-electron chi connectivity index (χ0n) is 24.8. The maximum absolute atomic E-state index is 4.97. The molecule has 0 N–H and O–H groups in total. The monoisotopic (exact) mass is 589 g/mol. The minimum Gasteiger partial charge on any atom is -0.255 e. The predicted molar refractivity (Wildman–Crippen MR) is 186 cm³/mol. The van der Waals surface area contributed by atoms with E-state index in [0.29, 0.717) is 0 Å². The summed E-state index contributed by atoms with van der Waals surface area (Å²) in [6.07, 6.45) is 7.31. The Balaban J connectivity index is 1.22. The standard InChI is InChI=1S/C41H27N5/c1-2-13-35-33(31-25-40(37-15-4-7-22-43-37)46-41(26-31)38-16-5-8-23-44-38)19-18-32(34(35)12-1)29-11-9-10-28(24-29)30-17-20-39(45-27-30)36-14-3-6-21-42-36/h1-27H. The first kappa shape index (κ1) is 27.2. The van der Waals surface area contributed by atoms with Crippen LogP contribution in [0.5, 0.6) is 0 Å². The van der Waals surface area contributed by atoms with Crippen molar-refractivity contribution in [2.24, 2.45) is 0 Å². The molecule has 0 aliphatic rings. The Kier molecular flexibility index (Phi) is 7.09. The molecule has 0 saturated carbocycles. The van der Waals surface area contributed by atoms with E-state index in [0.717, 1.165) is 67.4 Å². The number of pyridine rings is 5. The number of hydrogen-bond acceptors (Lipinski definition) is 5. The number of fused-ring (bicyclic) bond motifs is 1. The number of aromatic nitrogens is 5. The van der Waals surface area contributed by atoms with Crippen LogP contribution in [0, 0.1) is 0 Å². The average molecular weight is 590 g/mol. The number of hydrogen-bond donors (Lipinski definition) is 0. The second-order valence-corrected chi connectivity index (χ2v) is 11.0. The van der Waals surface area contributed by atoms with Gasteiger partial charge in [0.2, 0.25) is 0 Å². The Bertz CT molecular complexity index is 2230. The van der Waals surface area contributed by atoms with Gasteiger partial charge in [-0.3, -0.25) is 19.9 Å². The van der Waals surface area contributed by atoms with E-state index in [9.17, 15) is 0 Å². The second-order valence-electron chi connectivity index (χ2n) is 11.0. The fourth-order valence-electron chi connectivity index (χ4n) is 5.88. The molecule has 0 aliphatic heterocycles. The van der Waals surface area contributed by atoms with Gasteiger partial charge in [-0.15, -0.1) is 0 Å². The zero-order valence-corrected chi connectivity index (χ0v) is 24.8. The van der Waals surface area contributed by atoms with Crippen molar-refractivity contribution in [2.45, 2.75) is 0 Å². The van der Waals surface area contributed by atoms with Crippen molar-refractivity contribution < 1.29 is 0 Å². The fraction of sp³-hybridized carbons (Fsp3) is 0. The van der Waals surface area contributed by atoms with E-state index in [2.05, 4.69) is 93.8 Å². The van der Waals surface area contributed by atoms with Gasteiger partial charge in [-0.25, -0.2) is 4.98 Å². The van der Waals surface area contributed by atoms with E-state index in [4.69, 9.17) is 9.97 Å². The highest BCUT2D eigenvalue weighted by Gasteiger charge is 2.15. The summed E-state index contributed by atoms with van der Waals surface area (Å²) in [6, 6.07) is 47.7. The topological polar surface area (TPSA) is 64.5 Å². The Hall–Kier alpha value is -6.33. The summed E-state index contributed by atoms with van der Waals surface area (Å²) in [6.45, 7) is 0. The molecule has 0 bridgehead atoms. The minimum atomic E-state index is 0.808. The number of rotatable bonds is 6. The summed E-state index contributed by atoms with van der Waals surface area (Å²) in [5.41, 5.74) is 11.7. The zero-order chi connectivity index (χ0) is 30.7. The molecule has 8 rings (SSSR count). The van der Waals surface area contributed by atoms with Gasteiger partial charge in [-0.1, -0.05) is 78.9 Å². The van der Waals surface area contributed by atoms with Crippen molar-refractivity contribution in [2.75, 3.05) is 0 Å². The molecule has 0 unspecified atom stereocenters. The molecule has 0 amide bonds. The lowest BCUT2D eigenvalue weighted by molar-refractivity contribution is 1.22. The SMILES string of the molecule is c1ccc(-c2ccc(-c3cccc(-c4ccc(-c5cc(-c6ccccn6)nc(-c6ccccn6)c5)c5ccccc45)c3)cn2)nc1. The lowest BCUT2D eigenvalue weighted by Crippen LogP contribution is -1.94. The smallest absolute Gasteiger partial charge is 0.0900 e. The van der Waals surface area contributed by atoms with Crippen LogP contribution >= 0.6 is 0 Å². The molecular formula is C41H27N5. The van der Waals surface area contributed by atoms with Gasteiger partial charge in [0.25, 0.3) is 0 Å². The van der Waals surface area contributed by atoms with Crippen LogP contribution in [0.1, 0.15) is 0 Å². The largest absolute Gasteiger partial charge is 0.255 e. The Labute approximate surface area is 267 Å². The van der Waals surface area contributed by atoms with E-state index in [-0.39, 0.29) is 0 Å². The quantitative estimate of drug-likeness (QED) is 0.193. The maximum Gasteiger partial charge on any atom is 0.0900 e. The van der Waals surface area contributed by atoms with Crippen LogP contribution in [0.15, 0.2) is 164 Å². The fourth-order valence-corrected chi connectivity index (χ4v) is 5.88. The summed E-state index contributed by atoms with van der Waals surface area (Å²) in [5, 5.41) is 2.34. The van der Waals surface area contributed by atoms with Crippen molar-refractivity contribution >= 4 is 10.8 Å². The van der Waals surface area contributed by atoms with Crippen LogP contribution in [0.2, 0.25) is 0 Å². The molecule has 5 nitrogen and oxygen atoms in total. The average Bonchev–Trinajstić information content (AvgIpc) is 3.15. The van der Waals surface area contributed by atoms with Crippen molar-refractivity contribution in [3.8, 4) is 67.5 Å². The molecule has 216 valence electrons. The first-order chi connectivity index (χ1) is 22.8. The summed E-state index contributed by atoms with van der Waals surface area (Å²) in [4.78, 5) is 23.3. The van der Waals surface area contributed by atoms with Gasteiger partial charge in [-0.05, 0) is 99.3 Å². The van der Waals surface area contributed by atoms with Gasteiger partial charge in [0.05, 0.1) is 34.2 Å². The third kappa shape index (κ3) is 5.31. The maximum atomic E-state index is 4.97. The highest BCUT2D eigenvalue weighted by Crippen LogP contribution is 2.38. The Morgan fingerprint density at radius 1 is 0.304 bits per heavy atom. The Morgan fingerprint density at radius 3 is 1.37 bits per heavy atom. The highest BCUT2D eigenvalue weighted by atomic mass is 14.8. The molecular weight excluding hydrogens is 562 g/mol. The van der Waals surface area contributed by atoms with Crippen LogP contribution in [0.25, 0.3) is 78.3 Å². The molecule has 46 heavy (non-hydrogen) atoms.